The molecule has 1 fully saturated rings. The van der Waals surface area contributed by atoms with E-state index in [0.29, 0.717) is 11.8 Å². The number of nitrogens with one attached hydrogen (secondary N) is 1. The van der Waals surface area contributed by atoms with Crippen LogP contribution in [0.5, 0.6) is 0 Å². The fourth-order valence-corrected chi connectivity index (χ4v) is 4.26. The molecule has 1 atom stereocenters. The van der Waals surface area contributed by atoms with E-state index < -0.39 is 0 Å². The molecule has 0 saturated carbocycles. The summed E-state index contributed by atoms with van der Waals surface area (Å²) < 4.78 is 1.84. The minimum atomic E-state index is 0.688. The van der Waals surface area contributed by atoms with Gasteiger partial charge in [-0.05, 0) is 24.5 Å². The number of aromatic nitrogens is 3. The highest BCUT2D eigenvalue weighted by atomic mass is 32.2. The topological polar surface area (TPSA) is 58.3 Å². The number of aliphatic imine (C=N–C) groups is 1. The molecule has 1 aliphatic rings. The molecule has 6 nitrogen and oxygen atoms in total. The van der Waals surface area contributed by atoms with E-state index in [0.717, 1.165) is 32.1 Å². The largest absolute Gasteiger partial charge is 0.357 e. The van der Waals surface area contributed by atoms with E-state index in [9.17, 15) is 0 Å². The van der Waals surface area contributed by atoms with Crippen molar-refractivity contribution in [3.8, 4) is 0 Å². The lowest BCUT2D eigenvalue weighted by atomic mass is 10.1. The quantitative estimate of drug-likeness (QED) is 0.624. The van der Waals surface area contributed by atoms with Crippen molar-refractivity contribution in [1.82, 2.24) is 25.0 Å². The van der Waals surface area contributed by atoms with Crippen molar-refractivity contribution in [3.05, 3.63) is 48.0 Å². The van der Waals surface area contributed by atoms with Crippen LogP contribution in [-0.2, 0) is 13.1 Å². The Hall–Kier alpha value is -2.02. The maximum atomic E-state index is 4.90. The number of nitrogens with zero attached hydrogens (tertiary/aromatic N) is 5. The normalized spacial score (nSPS) is 18.2. The minimum Gasteiger partial charge on any atom is -0.357 e. The molecule has 0 bridgehead atoms. The molecule has 2 heterocycles. The summed E-state index contributed by atoms with van der Waals surface area (Å²) >= 11 is 2.08. The Morgan fingerprint density at radius 2 is 2.23 bits per heavy atom. The van der Waals surface area contributed by atoms with E-state index in [-0.39, 0.29) is 0 Å². The summed E-state index contributed by atoms with van der Waals surface area (Å²) in [5, 5.41) is 8.34. The molecule has 3 rings (SSSR count). The van der Waals surface area contributed by atoms with Crippen molar-refractivity contribution >= 4 is 17.7 Å². The van der Waals surface area contributed by atoms with Crippen molar-refractivity contribution in [3.63, 3.8) is 0 Å². The van der Waals surface area contributed by atoms with Gasteiger partial charge in [-0.15, -0.1) is 0 Å². The molecule has 1 saturated heterocycles. The minimum absolute atomic E-state index is 0.688. The van der Waals surface area contributed by atoms with Gasteiger partial charge < -0.3 is 10.2 Å². The zero-order valence-electron chi connectivity index (χ0n) is 15.6. The Labute approximate surface area is 160 Å². The standard InChI is InChI=1S/C19H28N6S/c1-3-18-13-24(8-9-26-18)19(21-4-2)22-11-16-6-5-7-17(10-16)12-25-15-20-14-23-25/h5-7,10,14-15,18H,3-4,8-9,11-13H2,1-2H3,(H,21,22). The number of benzene rings is 1. The highest BCUT2D eigenvalue weighted by Crippen LogP contribution is 2.21. The first-order chi connectivity index (χ1) is 12.8. The van der Waals surface area contributed by atoms with Crippen molar-refractivity contribution < 1.29 is 0 Å². The number of guanidine groups is 1. The van der Waals surface area contributed by atoms with Gasteiger partial charge in [0.25, 0.3) is 0 Å². The molecule has 2 aromatic rings. The molecule has 0 amide bonds. The maximum absolute atomic E-state index is 4.90. The molecule has 140 valence electrons. The van der Waals surface area contributed by atoms with E-state index >= 15 is 0 Å². The van der Waals surface area contributed by atoms with Crippen LogP contribution in [0.3, 0.4) is 0 Å². The van der Waals surface area contributed by atoms with Crippen LogP contribution in [0, 0.1) is 0 Å². The van der Waals surface area contributed by atoms with E-state index in [1.165, 1.54) is 23.3 Å². The summed E-state index contributed by atoms with van der Waals surface area (Å²) in [7, 11) is 0. The van der Waals surface area contributed by atoms with Crippen LogP contribution in [-0.4, -0.2) is 56.3 Å². The summed E-state index contributed by atoms with van der Waals surface area (Å²) in [5.74, 6) is 2.21. The molecule has 1 unspecified atom stereocenters. The molecular weight excluding hydrogens is 344 g/mol. The molecule has 1 aromatic heterocycles. The Bertz CT molecular complexity index is 700. The van der Waals surface area contributed by atoms with Crippen molar-refractivity contribution in [2.24, 2.45) is 4.99 Å². The first-order valence-corrected chi connectivity index (χ1v) is 10.4. The molecule has 0 radical (unpaired) electrons. The molecule has 1 aromatic carbocycles. The van der Waals surface area contributed by atoms with Gasteiger partial charge >= 0.3 is 0 Å². The zero-order valence-corrected chi connectivity index (χ0v) is 16.5. The van der Waals surface area contributed by atoms with Gasteiger partial charge in [0.2, 0.25) is 0 Å². The number of hydrogen-bond acceptors (Lipinski definition) is 4. The molecule has 1 N–H and O–H groups in total. The second-order valence-corrected chi connectivity index (χ2v) is 7.84. The van der Waals surface area contributed by atoms with E-state index in [2.05, 4.69) is 70.2 Å². The van der Waals surface area contributed by atoms with Crippen molar-refractivity contribution in [2.75, 3.05) is 25.4 Å². The summed E-state index contributed by atoms with van der Waals surface area (Å²) in [5.41, 5.74) is 2.44. The number of rotatable bonds is 6. The van der Waals surface area contributed by atoms with E-state index in [1.807, 2.05) is 4.68 Å². The second-order valence-electron chi connectivity index (χ2n) is 6.43. The van der Waals surface area contributed by atoms with Gasteiger partial charge in [-0.25, -0.2) is 14.7 Å². The molecule has 0 aliphatic carbocycles. The van der Waals surface area contributed by atoms with Gasteiger partial charge in [-0.1, -0.05) is 31.2 Å². The Balaban J connectivity index is 1.67. The lowest BCUT2D eigenvalue weighted by Crippen LogP contribution is -2.48. The van der Waals surface area contributed by atoms with Crippen LogP contribution in [0.2, 0.25) is 0 Å². The van der Waals surface area contributed by atoms with E-state index in [4.69, 9.17) is 4.99 Å². The van der Waals surface area contributed by atoms with Crippen molar-refractivity contribution in [2.45, 2.75) is 38.6 Å². The Kier molecular flexibility index (Phi) is 6.94. The molecule has 26 heavy (non-hydrogen) atoms. The fourth-order valence-electron chi connectivity index (χ4n) is 3.08. The first kappa shape index (κ1) is 18.8. The molecule has 1 aliphatic heterocycles. The van der Waals surface area contributed by atoms with Crippen LogP contribution < -0.4 is 5.32 Å². The van der Waals surface area contributed by atoms with Crippen molar-refractivity contribution in [1.29, 1.82) is 0 Å². The SMILES string of the molecule is CCNC(=NCc1cccc(Cn2cncn2)c1)N1CCSC(CC)C1. The number of hydrogen-bond donors (Lipinski definition) is 1. The summed E-state index contributed by atoms with van der Waals surface area (Å²) in [4.78, 5) is 11.3. The first-order valence-electron chi connectivity index (χ1n) is 9.33. The lowest BCUT2D eigenvalue weighted by Gasteiger charge is -2.34. The van der Waals surface area contributed by atoms with E-state index in [1.54, 1.807) is 12.7 Å². The molecule has 7 heteroatoms. The smallest absolute Gasteiger partial charge is 0.194 e. The third-order valence-electron chi connectivity index (χ3n) is 4.44. The van der Waals surface area contributed by atoms with Crippen LogP contribution in [0.1, 0.15) is 31.4 Å². The van der Waals surface area contributed by atoms with Gasteiger partial charge in [0.05, 0.1) is 13.1 Å². The predicted octanol–water partition coefficient (Wildman–Crippen LogP) is 2.62. The Morgan fingerprint density at radius 1 is 1.35 bits per heavy atom. The second kappa shape index (κ2) is 9.62. The molecular formula is C19H28N6S. The molecule has 0 spiro atoms. The monoisotopic (exact) mass is 372 g/mol. The average Bonchev–Trinajstić information content (AvgIpc) is 3.18. The zero-order chi connectivity index (χ0) is 18.2. The summed E-state index contributed by atoms with van der Waals surface area (Å²) in [6.45, 7) is 8.87. The van der Waals surface area contributed by atoms with Gasteiger partial charge in [0, 0.05) is 30.6 Å². The fraction of sp³-hybridized carbons (Fsp3) is 0.526. The summed E-state index contributed by atoms with van der Waals surface area (Å²) in [6.07, 6.45) is 4.52. The average molecular weight is 373 g/mol. The number of thioether (sulfide) groups is 1. The van der Waals surface area contributed by atoms with Gasteiger partial charge in [-0.2, -0.15) is 16.9 Å². The highest BCUT2D eigenvalue weighted by Gasteiger charge is 2.21. The third kappa shape index (κ3) is 5.24. The summed E-state index contributed by atoms with van der Waals surface area (Å²) in [6, 6.07) is 8.55. The van der Waals surface area contributed by atoms with Crippen LogP contribution >= 0.6 is 11.8 Å². The van der Waals surface area contributed by atoms with Crippen LogP contribution in [0.15, 0.2) is 41.9 Å². The van der Waals surface area contributed by atoms with Gasteiger partial charge in [0.1, 0.15) is 12.7 Å². The Morgan fingerprint density at radius 3 is 3.00 bits per heavy atom. The van der Waals surface area contributed by atoms with Gasteiger partial charge in [-0.3, -0.25) is 0 Å². The van der Waals surface area contributed by atoms with Gasteiger partial charge in [0.15, 0.2) is 5.96 Å². The lowest BCUT2D eigenvalue weighted by molar-refractivity contribution is 0.408. The highest BCUT2D eigenvalue weighted by molar-refractivity contribution is 8.00. The maximum Gasteiger partial charge on any atom is 0.194 e. The predicted molar refractivity (Wildman–Crippen MR) is 108 cm³/mol. The third-order valence-corrected chi connectivity index (χ3v) is 5.81. The van der Waals surface area contributed by atoms with Crippen LogP contribution in [0.25, 0.3) is 0 Å². The van der Waals surface area contributed by atoms with Crippen LogP contribution in [0.4, 0.5) is 0 Å².